The summed E-state index contributed by atoms with van der Waals surface area (Å²) in [5.41, 5.74) is 16.3. The molecule has 6 aromatic carbocycles. The lowest BCUT2D eigenvalue weighted by Gasteiger charge is -2.20. The second-order valence-electron chi connectivity index (χ2n) is 19.5. The van der Waals surface area contributed by atoms with Crippen LogP contribution in [0.15, 0.2) is 116 Å². The van der Waals surface area contributed by atoms with Gasteiger partial charge in [0.05, 0.1) is 58.5 Å². The predicted octanol–water partition coefficient (Wildman–Crippen LogP) is 14.0. The van der Waals surface area contributed by atoms with Crippen LogP contribution in [0, 0.1) is 0 Å². The molecular formula is C66H80Cl3N3O11S2. The van der Waals surface area contributed by atoms with Crippen molar-refractivity contribution in [1.29, 1.82) is 0 Å². The normalized spacial score (nSPS) is 14.3. The summed E-state index contributed by atoms with van der Waals surface area (Å²) < 4.78 is 38.7. The molecule has 1 aliphatic heterocycles. The van der Waals surface area contributed by atoms with Gasteiger partial charge < -0.3 is 49.1 Å². The van der Waals surface area contributed by atoms with Crippen LogP contribution in [0.25, 0.3) is 22.3 Å². The van der Waals surface area contributed by atoms with Crippen LogP contribution < -0.4 is 50.3 Å². The standard InChI is InChI=1S/C28H28ClNO5S.C20H23NO4S.C8H6Cl2O.C6H15N.C4H8O/c1-33-23-13-18-9-11-21(30-28(32)17-7-5-16(15-29)6-8-17)20-14-22(31)24(36-4)12-10-19(20)25(18)27(35-3)26(23)34-2;1-23-16-9-11-5-7-14(21)13-10-15(22)17(26-4)8-6-12(13)18(11)20(25-3)19(16)24-2;9-5-6-1-3-7(4-2-6)8(10)11;1-4-7(5-2)6-3;1-2-4-5-3-1/h5-8,10,12-14,21H,9,11,15H2,1-4H3,(H,30,32);6,8-10,14H,5,7,21H2,1-4H3;1-4H,5H2;4-6H2,1-3H3;1-4H2/t21-;14-;;;/m00.../s1. The lowest BCUT2D eigenvalue weighted by molar-refractivity contribution is 0.0934. The first-order chi connectivity index (χ1) is 41.1. The van der Waals surface area contributed by atoms with Crippen LogP contribution in [-0.4, -0.2) is 104 Å². The van der Waals surface area contributed by atoms with E-state index in [1.54, 1.807) is 91.2 Å². The third-order valence-corrected chi connectivity index (χ3v) is 17.1. The van der Waals surface area contributed by atoms with Crippen LogP contribution in [0.4, 0.5) is 0 Å². The number of rotatable bonds is 16. The summed E-state index contributed by atoms with van der Waals surface area (Å²) in [5, 5.41) is 2.72. The molecular weight excluding hydrogens is 1180 g/mol. The molecule has 3 N–H and O–H groups in total. The molecule has 0 unspecified atom stereocenters. The van der Waals surface area contributed by atoms with Crippen molar-refractivity contribution < 1.29 is 42.7 Å². The lowest BCUT2D eigenvalue weighted by atomic mass is 9.95. The Balaban J connectivity index is 0.000000231. The number of aryl methyl sites for hydroxylation is 2. The molecule has 2 aliphatic carbocycles. The third kappa shape index (κ3) is 18.3. The zero-order chi connectivity index (χ0) is 62.2. The molecule has 0 spiro atoms. The van der Waals surface area contributed by atoms with Crippen LogP contribution in [-0.2, 0) is 29.3 Å². The topological polar surface area (TPSA) is 174 Å². The quantitative estimate of drug-likeness (QED) is 0.0532. The van der Waals surface area contributed by atoms with E-state index >= 15 is 0 Å². The molecule has 19 heteroatoms. The Kier molecular flexibility index (Phi) is 29.3. The minimum Gasteiger partial charge on any atom is -0.493 e. The second-order valence-corrected chi connectivity index (χ2v) is 22.1. The Morgan fingerprint density at radius 3 is 1.38 bits per heavy atom. The van der Waals surface area contributed by atoms with Crippen LogP contribution >= 0.6 is 58.3 Å². The van der Waals surface area contributed by atoms with Crippen molar-refractivity contribution in [3.63, 3.8) is 0 Å². The average Bonchev–Trinajstić information content (AvgIpc) is 2.75. The summed E-state index contributed by atoms with van der Waals surface area (Å²) in [6.45, 7) is 12.1. The van der Waals surface area contributed by atoms with Crippen molar-refractivity contribution in [1.82, 2.24) is 10.2 Å². The number of benzene rings is 4. The highest BCUT2D eigenvalue weighted by Crippen LogP contribution is 2.52. The first-order valence-corrected chi connectivity index (χ1v) is 31.9. The third-order valence-electron chi connectivity index (χ3n) is 14.7. The molecule has 1 fully saturated rings. The number of fused-ring (bicyclic) bond motifs is 6. The van der Waals surface area contributed by atoms with Gasteiger partial charge in [-0.1, -0.05) is 57.2 Å². The van der Waals surface area contributed by atoms with Gasteiger partial charge in [-0.25, -0.2) is 0 Å². The highest BCUT2D eigenvalue weighted by molar-refractivity contribution is 7.98. The first kappa shape index (κ1) is 69.8. The van der Waals surface area contributed by atoms with Crippen molar-refractivity contribution in [2.45, 2.75) is 92.9 Å². The average molecular weight is 1260 g/mol. The minimum absolute atomic E-state index is 0.0166. The number of amides is 1. The fourth-order valence-corrected chi connectivity index (χ4v) is 11.4. The number of methoxy groups -OCH3 is 6. The Morgan fingerprint density at radius 2 is 1.01 bits per heavy atom. The van der Waals surface area contributed by atoms with E-state index in [-0.39, 0.29) is 22.8 Å². The predicted molar refractivity (Wildman–Crippen MR) is 349 cm³/mol. The van der Waals surface area contributed by atoms with Gasteiger partial charge in [0.1, 0.15) is 0 Å². The van der Waals surface area contributed by atoms with E-state index in [9.17, 15) is 19.2 Å². The highest BCUT2D eigenvalue weighted by atomic mass is 35.5. The Labute approximate surface area is 524 Å². The van der Waals surface area contributed by atoms with Crippen LogP contribution in [0.3, 0.4) is 0 Å². The molecule has 6 aromatic rings. The van der Waals surface area contributed by atoms with Gasteiger partial charge in [-0.3, -0.25) is 19.2 Å². The highest BCUT2D eigenvalue weighted by Gasteiger charge is 2.31. The van der Waals surface area contributed by atoms with E-state index in [1.807, 2.05) is 61.0 Å². The summed E-state index contributed by atoms with van der Waals surface area (Å²) in [7, 11) is 9.53. The molecule has 3 aliphatic rings. The van der Waals surface area contributed by atoms with Gasteiger partial charge in [0.25, 0.3) is 11.1 Å². The number of halogens is 3. The van der Waals surface area contributed by atoms with Gasteiger partial charge in [0.2, 0.25) is 11.5 Å². The van der Waals surface area contributed by atoms with Crippen molar-refractivity contribution in [3.05, 3.63) is 162 Å². The molecule has 9 rings (SSSR count). The molecule has 85 heavy (non-hydrogen) atoms. The fraction of sp³-hybridized carbons (Fsp3) is 0.394. The monoisotopic (exact) mass is 1260 g/mol. The molecule has 0 bridgehead atoms. The van der Waals surface area contributed by atoms with E-state index in [2.05, 4.69) is 31.0 Å². The maximum absolute atomic E-state index is 13.2. The van der Waals surface area contributed by atoms with E-state index in [0.29, 0.717) is 80.0 Å². The number of thioether (sulfide) groups is 2. The van der Waals surface area contributed by atoms with Crippen molar-refractivity contribution in [2.75, 3.05) is 88.0 Å². The number of ether oxygens (including phenoxy) is 7. The molecule has 2 atom stereocenters. The van der Waals surface area contributed by atoms with Gasteiger partial charge in [-0.15, -0.1) is 46.7 Å². The summed E-state index contributed by atoms with van der Waals surface area (Å²) in [6.07, 6.45) is 9.02. The second kappa shape index (κ2) is 35.6. The molecule has 0 radical (unpaired) electrons. The Hall–Kier alpha value is -5.95. The number of hydrogen-bond donors (Lipinski definition) is 2. The minimum atomic E-state index is -0.439. The number of alkyl halides is 2. The summed E-state index contributed by atoms with van der Waals surface area (Å²) in [5.74, 6) is 3.94. The van der Waals surface area contributed by atoms with Crippen LogP contribution in [0.1, 0.15) is 113 Å². The zero-order valence-corrected chi connectivity index (χ0v) is 54.5. The van der Waals surface area contributed by atoms with Crippen molar-refractivity contribution >= 4 is 69.5 Å². The van der Waals surface area contributed by atoms with E-state index in [1.165, 1.54) is 56.0 Å². The number of nitrogens with zero attached hydrogens (tertiary/aromatic N) is 1. The molecule has 0 saturated carbocycles. The molecule has 0 aromatic heterocycles. The lowest BCUT2D eigenvalue weighted by Crippen LogP contribution is -2.29. The maximum Gasteiger partial charge on any atom is 0.252 e. The summed E-state index contributed by atoms with van der Waals surface area (Å²) >= 11 is 19.5. The number of nitrogens with two attached hydrogens (primary N) is 1. The van der Waals surface area contributed by atoms with E-state index in [4.69, 9.17) is 73.7 Å². The molecule has 14 nitrogen and oxygen atoms in total. The van der Waals surface area contributed by atoms with Gasteiger partial charge in [-0.2, -0.15) is 0 Å². The van der Waals surface area contributed by atoms with Crippen molar-refractivity contribution in [3.8, 4) is 56.8 Å². The number of nitrogens with one attached hydrogen (secondary N) is 1. The van der Waals surface area contributed by atoms with E-state index in [0.717, 1.165) is 81.7 Å². The number of hydrogen-bond acceptors (Lipinski definition) is 15. The summed E-state index contributed by atoms with van der Waals surface area (Å²) in [4.78, 5) is 53.1. The SMILES string of the molecule is C1CCOC1.CCN(CC)CC.COc1cc2c(c(OC)c1OC)-c1ccc(SC)c(=O)cc1[C@@H](N)CC2.COc1cc2c(c(OC)c1OC)-c1ccc(SC)c(=O)cc1[C@@H](NC(=O)c1ccc(CCl)cc1)CC2.O=C(Cl)c1ccc(CCl)cc1. The molecule has 1 amide bonds. The zero-order valence-electron chi connectivity index (χ0n) is 50.6. The molecule has 1 saturated heterocycles. The van der Waals surface area contributed by atoms with Gasteiger partial charge in [0.15, 0.2) is 33.9 Å². The number of carbonyl (C=O) groups is 2. The van der Waals surface area contributed by atoms with Gasteiger partial charge >= 0.3 is 0 Å². The molecule has 458 valence electrons. The van der Waals surface area contributed by atoms with E-state index < -0.39 is 11.3 Å². The van der Waals surface area contributed by atoms with Crippen LogP contribution in [0.5, 0.6) is 34.5 Å². The molecule has 1 heterocycles. The summed E-state index contributed by atoms with van der Waals surface area (Å²) in [6, 6.07) is 28.2. The van der Waals surface area contributed by atoms with Crippen molar-refractivity contribution in [2.24, 2.45) is 5.73 Å². The maximum atomic E-state index is 13.2. The van der Waals surface area contributed by atoms with Gasteiger partial charge in [-0.05, 0) is 187 Å². The first-order valence-electron chi connectivity index (χ1n) is 28.0. The number of carbonyl (C=O) groups excluding carboxylic acids is 2. The Morgan fingerprint density at radius 1 is 0.588 bits per heavy atom. The van der Waals surface area contributed by atoms with Crippen LogP contribution in [0.2, 0.25) is 0 Å². The fourth-order valence-electron chi connectivity index (χ4n) is 10.0. The smallest absolute Gasteiger partial charge is 0.252 e. The Bertz CT molecular complexity index is 3280. The van der Waals surface area contributed by atoms with Gasteiger partial charge in [0, 0.05) is 53.3 Å². The largest absolute Gasteiger partial charge is 0.493 e.